The monoisotopic (exact) mass is 328 g/mol. The van der Waals surface area contributed by atoms with Gasteiger partial charge in [0.25, 0.3) is 5.91 Å². The summed E-state index contributed by atoms with van der Waals surface area (Å²) in [4.78, 5) is 16.0. The lowest BCUT2D eigenvalue weighted by Crippen LogP contribution is -2.28. The number of carbonyl (C=O) groups excluding carboxylic acids is 1. The van der Waals surface area contributed by atoms with Gasteiger partial charge in [-0.05, 0) is 53.6 Å². The zero-order valence-corrected chi connectivity index (χ0v) is 11.0. The van der Waals surface area contributed by atoms with Gasteiger partial charge in [0.1, 0.15) is 0 Å². The lowest BCUT2D eigenvalue weighted by Gasteiger charge is -2.13. The Bertz CT molecular complexity index is 421. The summed E-state index contributed by atoms with van der Waals surface area (Å²) in [5.41, 5.74) is 1.69. The van der Waals surface area contributed by atoms with E-state index < -0.39 is 0 Å². The molecule has 84 valence electrons. The van der Waals surface area contributed by atoms with Gasteiger partial charge in [-0.2, -0.15) is 0 Å². The molecule has 16 heavy (non-hydrogen) atoms. The molecule has 2 rings (SSSR count). The van der Waals surface area contributed by atoms with Gasteiger partial charge in [0, 0.05) is 27.9 Å². The number of rotatable bonds is 1. The highest BCUT2D eigenvalue weighted by Gasteiger charge is 2.09. The van der Waals surface area contributed by atoms with Crippen LogP contribution in [0.4, 0.5) is 0 Å². The second-order valence-corrected chi connectivity index (χ2v) is 4.99. The van der Waals surface area contributed by atoms with Crippen LogP contribution in [0.25, 0.3) is 0 Å². The van der Waals surface area contributed by atoms with Crippen LogP contribution in [0.2, 0.25) is 0 Å². The number of carbonyl (C=O) groups is 1. The minimum absolute atomic E-state index is 0.115. The molecule has 4 heteroatoms. The molecule has 0 aliphatic carbocycles. The van der Waals surface area contributed by atoms with Crippen LogP contribution in [0.1, 0.15) is 23.2 Å². The van der Waals surface area contributed by atoms with Crippen molar-refractivity contribution in [2.45, 2.75) is 12.8 Å². The molecule has 0 atom stereocenters. The lowest BCUT2D eigenvalue weighted by molar-refractivity contribution is 0.100. The molecule has 1 fully saturated rings. The fraction of sp³-hybridized carbons (Fsp3) is 0.333. The number of amides is 1. The van der Waals surface area contributed by atoms with Gasteiger partial charge in [0.05, 0.1) is 0 Å². The van der Waals surface area contributed by atoms with E-state index in [0.29, 0.717) is 5.56 Å². The average Bonchev–Trinajstić information content (AvgIpc) is 2.30. The van der Waals surface area contributed by atoms with E-state index in [2.05, 4.69) is 32.9 Å². The second kappa shape index (κ2) is 5.54. The van der Waals surface area contributed by atoms with E-state index in [9.17, 15) is 4.79 Å². The van der Waals surface area contributed by atoms with E-state index in [4.69, 9.17) is 0 Å². The molecule has 1 aromatic carbocycles. The smallest absolute Gasteiger partial charge is 0.276 e. The fourth-order valence-corrected chi connectivity index (χ4v) is 2.20. The Morgan fingerprint density at radius 2 is 2.06 bits per heavy atom. The van der Waals surface area contributed by atoms with Crippen LogP contribution in [-0.4, -0.2) is 24.7 Å². The van der Waals surface area contributed by atoms with Crippen molar-refractivity contribution in [3.8, 4) is 0 Å². The number of benzene rings is 1. The van der Waals surface area contributed by atoms with Crippen molar-refractivity contribution >= 4 is 34.2 Å². The van der Waals surface area contributed by atoms with Crippen molar-refractivity contribution in [3.05, 3.63) is 33.4 Å². The Balaban J connectivity index is 2.13. The maximum Gasteiger partial charge on any atom is 0.276 e. The van der Waals surface area contributed by atoms with E-state index in [1.807, 2.05) is 24.3 Å². The Hall–Kier alpha value is -0.750. The predicted molar refractivity (Wildman–Crippen MR) is 73.0 cm³/mol. The van der Waals surface area contributed by atoms with Crippen molar-refractivity contribution in [1.29, 1.82) is 0 Å². The number of halogens is 1. The molecule has 1 aliphatic heterocycles. The molecule has 1 amide bonds. The van der Waals surface area contributed by atoms with Crippen molar-refractivity contribution in [2.24, 2.45) is 4.99 Å². The molecule has 0 aromatic heterocycles. The van der Waals surface area contributed by atoms with Crippen LogP contribution in [0.3, 0.4) is 0 Å². The molecule has 0 radical (unpaired) electrons. The number of piperidine rings is 1. The van der Waals surface area contributed by atoms with Gasteiger partial charge in [-0.15, -0.1) is 0 Å². The number of hydrogen-bond donors (Lipinski definition) is 1. The minimum Gasteiger partial charge on any atom is -0.316 e. The molecule has 3 nitrogen and oxygen atoms in total. The molecule has 1 aliphatic rings. The summed E-state index contributed by atoms with van der Waals surface area (Å²) < 4.78 is 1.06. The number of aliphatic imine (C=N–C) groups is 1. The molecule has 1 N–H and O–H groups in total. The zero-order chi connectivity index (χ0) is 11.4. The van der Waals surface area contributed by atoms with E-state index >= 15 is 0 Å². The number of hydrogen-bond acceptors (Lipinski definition) is 2. The fourth-order valence-electron chi connectivity index (χ4n) is 1.66. The molecule has 0 unspecified atom stereocenters. The van der Waals surface area contributed by atoms with E-state index in [1.54, 1.807) is 0 Å². The van der Waals surface area contributed by atoms with Gasteiger partial charge in [-0.3, -0.25) is 4.79 Å². The largest absolute Gasteiger partial charge is 0.316 e. The van der Waals surface area contributed by atoms with Crippen LogP contribution in [-0.2, 0) is 0 Å². The van der Waals surface area contributed by atoms with Crippen LogP contribution in [0, 0.1) is 3.57 Å². The van der Waals surface area contributed by atoms with Crippen LogP contribution >= 0.6 is 22.6 Å². The molecular weight excluding hydrogens is 315 g/mol. The summed E-state index contributed by atoms with van der Waals surface area (Å²) in [6.07, 6.45) is 1.77. The van der Waals surface area contributed by atoms with Gasteiger partial charge >= 0.3 is 0 Å². The molecule has 1 aromatic rings. The number of nitrogens with zero attached hydrogens (tertiary/aromatic N) is 1. The molecule has 0 saturated carbocycles. The first-order chi connectivity index (χ1) is 7.75. The zero-order valence-electron chi connectivity index (χ0n) is 8.87. The van der Waals surface area contributed by atoms with Gasteiger partial charge in [-0.1, -0.05) is 6.07 Å². The predicted octanol–water partition coefficient (Wildman–Crippen LogP) is 2.26. The van der Waals surface area contributed by atoms with Crippen LogP contribution < -0.4 is 5.32 Å². The van der Waals surface area contributed by atoms with Gasteiger partial charge < -0.3 is 5.32 Å². The maximum absolute atomic E-state index is 11.9. The van der Waals surface area contributed by atoms with Crippen molar-refractivity contribution < 1.29 is 4.79 Å². The Labute approximate surface area is 108 Å². The lowest BCUT2D eigenvalue weighted by atomic mass is 10.1. The van der Waals surface area contributed by atoms with Gasteiger partial charge in [-0.25, -0.2) is 4.99 Å². The van der Waals surface area contributed by atoms with Crippen LogP contribution in [0.5, 0.6) is 0 Å². The normalized spacial score (nSPS) is 15.9. The highest BCUT2D eigenvalue weighted by molar-refractivity contribution is 14.1. The first-order valence-corrected chi connectivity index (χ1v) is 6.40. The maximum atomic E-state index is 11.9. The summed E-state index contributed by atoms with van der Waals surface area (Å²) in [6.45, 7) is 1.86. The van der Waals surface area contributed by atoms with Crippen molar-refractivity contribution in [2.75, 3.05) is 13.1 Å². The average molecular weight is 328 g/mol. The number of nitrogens with one attached hydrogen (secondary N) is 1. The third-order valence-electron chi connectivity index (χ3n) is 2.51. The summed E-state index contributed by atoms with van der Waals surface area (Å²) >= 11 is 2.20. The third kappa shape index (κ3) is 3.12. The summed E-state index contributed by atoms with van der Waals surface area (Å²) in [5, 5.41) is 3.24. The SMILES string of the molecule is O=C(N=C1CCNCC1)c1cccc(I)c1. The highest BCUT2D eigenvalue weighted by Crippen LogP contribution is 2.10. The first kappa shape index (κ1) is 11.7. The quantitative estimate of drug-likeness (QED) is 0.804. The van der Waals surface area contributed by atoms with Gasteiger partial charge in [0.2, 0.25) is 0 Å². The molecular formula is C12H13IN2O. The summed E-state index contributed by atoms with van der Waals surface area (Å²) in [5.74, 6) is -0.115. The summed E-state index contributed by atoms with van der Waals surface area (Å²) in [6, 6.07) is 7.54. The Morgan fingerprint density at radius 1 is 1.31 bits per heavy atom. The molecule has 0 spiro atoms. The minimum atomic E-state index is -0.115. The van der Waals surface area contributed by atoms with Crippen molar-refractivity contribution in [1.82, 2.24) is 5.32 Å². The molecule has 1 heterocycles. The Morgan fingerprint density at radius 3 is 2.75 bits per heavy atom. The van der Waals surface area contributed by atoms with Gasteiger partial charge in [0.15, 0.2) is 0 Å². The van der Waals surface area contributed by atoms with E-state index in [-0.39, 0.29) is 5.91 Å². The topological polar surface area (TPSA) is 41.5 Å². The molecule has 1 saturated heterocycles. The third-order valence-corrected chi connectivity index (χ3v) is 3.18. The first-order valence-electron chi connectivity index (χ1n) is 5.33. The molecule has 0 bridgehead atoms. The standard InChI is InChI=1S/C12H13IN2O/c13-10-3-1-2-9(8-10)12(16)15-11-4-6-14-7-5-11/h1-3,8,14H,4-7H2. The van der Waals surface area contributed by atoms with Crippen molar-refractivity contribution in [3.63, 3.8) is 0 Å². The highest BCUT2D eigenvalue weighted by atomic mass is 127. The van der Waals surface area contributed by atoms with E-state index in [0.717, 1.165) is 35.2 Å². The van der Waals surface area contributed by atoms with E-state index in [1.165, 1.54) is 0 Å². The Kier molecular flexibility index (Phi) is 4.06. The summed E-state index contributed by atoms with van der Waals surface area (Å²) in [7, 11) is 0. The van der Waals surface area contributed by atoms with Crippen LogP contribution in [0.15, 0.2) is 29.3 Å². The second-order valence-electron chi connectivity index (χ2n) is 3.74.